The second kappa shape index (κ2) is 7.07. The number of methoxy groups -OCH3 is 1. The van der Waals surface area contributed by atoms with Gasteiger partial charge in [-0.15, -0.1) is 0 Å². The Morgan fingerprint density at radius 2 is 2.09 bits per heavy atom. The number of hydrogen-bond donors (Lipinski definition) is 0. The molecule has 2 rings (SSSR count). The van der Waals surface area contributed by atoms with Gasteiger partial charge in [-0.05, 0) is 49.0 Å². The van der Waals surface area contributed by atoms with Gasteiger partial charge in [-0.1, -0.05) is 19.3 Å². The van der Waals surface area contributed by atoms with Gasteiger partial charge in [0.2, 0.25) is 0 Å². The zero-order valence-corrected chi connectivity index (χ0v) is 15.7. The number of aromatic nitrogens is 1. The Bertz CT molecular complexity index is 628. The van der Waals surface area contributed by atoms with Crippen LogP contribution in [0.5, 0.6) is 5.75 Å². The number of carbonyl (C=O) groups is 1. The van der Waals surface area contributed by atoms with Crippen LogP contribution in [-0.2, 0) is 9.53 Å². The number of carbonyl (C=O) groups excluding carboxylic acids is 1. The standard InChI is InChI=1S/C17H24BrNO4/c1-17(2,3)23-16(21)13(8-11-6-5-7-11)19-10-14(22-4)12(18)9-15(19)20/h9-11,13H,5-8H2,1-4H3. The first-order chi connectivity index (χ1) is 10.7. The summed E-state index contributed by atoms with van der Waals surface area (Å²) in [5.41, 5.74) is -0.828. The summed E-state index contributed by atoms with van der Waals surface area (Å²) in [5.74, 6) is 0.622. The summed E-state index contributed by atoms with van der Waals surface area (Å²) in [6.07, 6.45) is 5.59. The number of rotatable bonds is 5. The second-order valence-corrected chi connectivity index (χ2v) is 7.87. The van der Waals surface area contributed by atoms with E-state index in [0.29, 0.717) is 22.6 Å². The molecule has 1 atom stereocenters. The molecule has 1 aromatic heterocycles. The summed E-state index contributed by atoms with van der Waals surface area (Å²) in [4.78, 5) is 25.0. The molecule has 1 unspecified atom stereocenters. The molecule has 0 aliphatic heterocycles. The lowest BCUT2D eigenvalue weighted by atomic mass is 9.80. The minimum Gasteiger partial charge on any atom is -0.494 e. The molecule has 0 N–H and O–H groups in total. The molecule has 5 nitrogen and oxygen atoms in total. The molecule has 23 heavy (non-hydrogen) atoms. The molecule has 6 heteroatoms. The molecule has 0 radical (unpaired) electrons. The molecular formula is C17H24BrNO4. The summed E-state index contributed by atoms with van der Waals surface area (Å²) in [6, 6.07) is 0.811. The minimum atomic E-state index is -0.617. The maximum Gasteiger partial charge on any atom is 0.329 e. The van der Waals surface area contributed by atoms with Gasteiger partial charge in [-0.25, -0.2) is 4.79 Å². The average molecular weight is 386 g/mol. The van der Waals surface area contributed by atoms with Crippen molar-refractivity contribution in [2.45, 2.75) is 58.1 Å². The van der Waals surface area contributed by atoms with Crippen molar-refractivity contribution >= 4 is 21.9 Å². The Balaban J connectivity index is 2.36. The molecule has 0 bridgehead atoms. The van der Waals surface area contributed by atoms with Gasteiger partial charge in [0.1, 0.15) is 17.4 Å². The van der Waals surface area contributed by atoms with Crippen LogP contribution in [0.15, 0.2) is 21.5 Å². The molecule has 1 saturated carbocycles. The van der Waals surface area contributed by atoms with E-state index in [1.54, 1.807) is 6.20 Å². The maximum atomic E-state index is 12.6. The van der Waals surface area contributed by atoms with E-state index < -0.39 is 11.6 Å². The van der Waals surface area contributed by atoms with Gasteiger partial charge >= 0.3 is 5.97 Å². The molecular weight excluding hydrogens is 362 g/mol. The lowest BCUT2D eigenvalue weighted by molar-refractivity contribution is -0.160. The Morgan fingerprint density at radius 3 is 2.57 bits per heavy atom. The monoisotopic (exact) mass is 385 g/mol. The Labute approximate surface area is 145 Å². The zero-order valence-electron chi connectivity index (χ0n) is 14.1. The minimum absolute atomic E-state index is 0.243. The molecule has 1 fully saturated rings. The first-order valence-electron chi connectivity index (χ1n) is 7.90. The van der Waals surface area contributed by atoms with E-state index in [-0.39, 0.29) is 11.5 Å². The van der Waals surface area contributed by atoms with Crippen LogP contribution in [0.2, 0.25) is 0 Å². The van der Waals surface area contributed by atoms with E-state index >= 15 is 0 Å². The predicted octanol–water partition coefficient (Wildman–Crippen LogP) is 3.69. The molecule has 128 valence electrons. The van der Waals surface area contributed by atoms with Gasteiger partial charge in [0.25, 0.3) is 5.56 Å². The average Bonchev–Trinajstić information content (AvgIpc) is 2.37. The van der Waals surface area contributed by atoms with Crippen LogP contribution in [0.4, 0.5) is 0 Å². The van der Waals surface area contributed by atoms with Gasteiger partial charge in [-0.3, -0.25) is 9.36 Å². The number of nitrogens with zero attached hydrogens (tertiary/aromatic N) is 1. The fourth-order valence-electron chi connectivity index (χ4n) is 2.64. The molecule has 1 aliphatic carbocycles. The maximum absolute atomic E-state index is 12.6. The number of pyridine rings is 1. The highest BCUT2D eigenvalue weighted by Gasteiger charge is 2.32. The highest BCUT2D eigenvalue weighted by molar-refractivity contribution is 9.10. The van der Waals surface area contributed by atoms with Crippen LogP contribution >= 0.6 is 15.9 Å². The number of esters is 1. The highest BCUT2D eigenvalue weighted by atomic mass is 79.9. The van der Waals surface area contributed by atoms with E-state index in [1.807, 2.05) is 20.8 Å². The highest BCUT2D eigenvalue weighted by Crippen LogP contribution is 2.35. The SMILES string of the molecule is COc1cn(C(CC2CCC2)C(=O)OC(C)(C)C)c(=O)cc1Br. The number of hydrogen-bond acceptors (Lipinski definition) is 4. The van der Waals surface area contributed by atoms with Gasteiger partial charge in [0, 0.05) is 6.07 Å². The van der Waals surface area contributed by atoms with E-state index in [9.17, 15) is 9.59 Å². The summed E-state index contributed by atoms with van der Waals surface area (Å²) in [5, 5.41) is 0. The van der Waals surface area contributed by atoms with Crippen LogP contribution in [-0.4, -0.2) is 23.2 Å². The summed E-state index contributed by atoms with van der Waals surface area (Å²) in [7, 11) is 1.53. The van der Waals surface area contributed by atoms with Crippen molar-refractivity contribution in [3.05, 3.63) is 27.1 Å². The van der Waals surface area contributed by atoms with Crippen molar-refractivity contribution in [1.82, 2.24) is 4.57 Å². The van der Waals surface area contributed by atoms with Gasteiger partial charge in [-0.2, -0.15) is 0 Å². The Morgan fingerprint density at radius 1 is 1.43 bits per heavy atom. The normalized spacial score (nSPS) is 16.6. The molecule has 1 heterocycles. The van der Waals surface area contributed by atoms with Gasteiger partial charge in [0.15, 0.2) is 0 Å². The van der Waals surface area contributed by atoms with E-state index in [1.165, 1.54) is 24.2 Å². The largest absolute Gasteiger partial charge is 0.494 e. The van der Waals surface area contributed by atoms with Crippen molar-refractivity contribution in [3.8, 4) is 5.75 Å². The summed E-state index contributed by atoms with van der Waals surface area (Å²) >= 11 is 3.30. The van der Waals surface area contributed by atoms with Crippen molar-refractivity contribution in [1.29, 1.82) is 0 Å². The second-order valence-electron chi connectivity index (χ2n) is 7.02. The third-order valence-electron chi connectivity index (χ3n) is 4.01. The summed E-state index contributed by atoms with van der Waals surface area (Å²) in [6.45, 7) is 5.49. The van der Waals surface area contributed by atoms with Crippen molar-refractivity contribution in [2.75, 3.05) is 7.11 Å². The van der Waals surface area contributed by atoms with Crippen molar-refractivity contribution in [2.24, 2.45) is 5.92 Å². The van der Waals surface area contributed by atoms with Crippen LogP contribution in [0.1, 0.15) is 52.5 Å². The van der Waals surface area contributed by atoms with E-state index in [2.05, 4.69) is 15.9 Å². The van der Waals surface area contributed by atoms with Gasteiger partial charge in [0.05, 0.1) is 17.8 Å². The lowest BCUT2D eigenvalue weighted by Crippen LogP contribution is -2.36. The van der Waals surface area contributed by atoms with Crippen LogP contribution in [0.25, 0.3) is 0 Å². The van der Waals surface area contributed by atoms with Crippen molar-refractivity contribution < 1.29 is 14.3 Å². The molecule has 0 amide bonds. The fourth-order valence-corrected chi connectivity index (χ4v) is 3.10. The third-order valence-corrected chi connectivity index (χ3v) is 4.63. The molecule has 1 aromatic rings. The molecule has 0 spiro atoms. The first kappa shape index (κ1) is 18.0. The smallest absolute Gasteiger partial charge is 0.329 e. The topological polar surface area (TPSA) is 57.5 Å². The predicted molar refractivity (Wildman–Crippen MR) is 91.8 cm³/mol. The van der Waals surface area contributed by atoms with Crippen molar-refractivity contribution in [3.63, 3.8) is 0 Å². The number of ether oxygens (including phenoxy) is 2. The van der Waals surface area contributed by atoms with Crippen LogP contribution < -0.4 is 10.3 Å². The first-order valence-corrected chi connectivity index (χ1v) is 8.69. The zero-order chi connectivity index (χ0) is 17.2. The molecule has 0 aromatic carbocycles. The van der Waals surface area contributed by atoms with E-state index in [4.69, 9.17) is 9.47 Å². The fraction of sp³-hybridized carbons (Fsp3) is 0.647. The molecule has 1 aliphatic rings. The third kappa shape index (κ3) is 4.59. The quantitative estimate of drug-likeness (QED) is 0.725. The van der Waals surface area contributed by atoms with Crippen LogP contribution in [0.3, 0.4) is 0 Å². The van der Waals surface area contributed by atoms with Gasteiger partial charge < -0.3 is 9.47 Å². The summed E-state index contributed by atoms with van der Waals surface area (Å²) < 4.78 is 12.8. The van der Waals surface area contributed by atoms with Crippen LogP contribution in [0, 0.1) is 5.92 Å². The Kier molecular flexibility index (Phi) is 5.55. The Hall–Kier alpha value is -1.30. The van der Waals surface area contributed by atoms with E-state index in [0.717, 1.165) is 12.8 Å². The lowest BCUT2D eigenvalue weighted by Gasteiger charge is -2.31. The number of halogens is 1. The molecule has 0 saturated heterocycles.